The van der Waals surface area contributed by atoms with Crippen LogP contribution in [0.25, 0.3) is 11.8 Å². The molecular formula is C17H17N3O2. The summed E-state index contributed by atoms with van der Waals surface area (Å²) in [5.74, 6) is 0.0246. The SMILES string of the molecule is CC(C)(C)C1=N/C(=C\c2cnn(-c3ccccc3)c2)C(=O)O1. The van der Waals surface area contributed by atoms with Gasteiger partial charge in [0.05, 0.1) is 11.9 Å². The van der Waals surface area contributed by atoms with Crippen molar-refractivity contribution in [1.82, 2.24) is 9.78 Å². The highest BCUT2D eigenvalue weighted by atomic mass is 16.6. The minimum atomic E-state index is -0.419. The van der Waals surface area contributed by atoms with Crippen molar-refractivity contribution < 1.29 is 9.53 Å². The predicted octanol–water partition coefficient (Wildman–Crippen LogP) is 3.21. The minimum absolute atomic E-state index is 0.292. The normalized spacial score (nSPS) is 16.8. The van der Waals surface area contributed by atoms with Gasteiger partial charge in [-0.25, -0.2) is 14.5 Å². The molecule has 112 valence electrons. The molecule has 5 heteroatoms. The summed E-state index contributed by atoms with van der Waals surface area (Å²) in [6, 6.07) is 9.77. The van der Waals surface area contributed by atoms with E-state index in [-0.39, 0.29) is 5.41 Å². The fourth-order valence-electron chi connectivity index (χ4n) is 2.02. The molecule has 1 aromatic carbocycles. The topological polar surface area (TPSA) is 56.5 Å². The van der Waals surface area contributed by atoms with Crippen LogP contribution in [0.15, 0.2) is 53.4 Å². The summed E-state index contributed by atoms with van der Waals surface area (Å²) in [6.45, 7) is 5.86. The van der Waals surface area contributed by atoms with Crippen LogP contribution in [0.5, 0.6) is 0 Å². The van der Waals surface area contributed by atoms with E-state index >= 15 is 0 Å². The summed E-state index contributed by atoms with van der Waals surface area (Å²) in [6.07, 6.45) is 5.23. The standard InChI is InChI=1S/C17H17N3O2/c1-17(2,3)16-19-14(15(21)22-16)9-12-10-18-20(11-12)13-7-5-4-6-8-13/h4-11H,1-3H3/b14-9-. The van der Waals surface area contributed by atoms with Crippen LogP contribution in [-0.4, -0.2) is 21.6 Å². The first kappa shape index (κ1) is 14.3. The lowest BCUT2D eigenvalue weighted by Gasteiger charge is -2.15. The molecule has 1 aliphatic rings. The summed E-state index contributed by atoms with van der Waals surface area (Å²) in [5.41, 5.74) is 1.77. The van der Waals surface area contributed by atoms with Gasteiger partial charge in [-0.1, -0.05) is 39.0 Å². The van der Waals surface area contributed by atoms with Crippen LogP contribution in [0.3, 0.4) is 0 Å². The molecular weight excluding hydrogens is 278 g/mol. The molecule has 0 atom stereocenters. The highest BCUT2D eigenvalue weighted by Gasteiger charge is 2.31. The lowest BCUT2D eigenvalue weighted by molar-refractivity contribution is -0.130. The average Bonchev–Trinajstić information content (AvgIpc) is 3.08. The number of carbonyl (C=O) groups is 1. The fraction of sp³-hybridized carbons (Fsp3) is 0.235. The Hall–Kier alpha value is -2.69. The number of para-hydroxylation sites is 1. The molecule has 0 aliphatic carbocycles. The molecule has 1 aromatic heterocycles. The van der Waals surface area contributed by atoms with Crippen LogP contribution in [0, 0.1) is 5.41 Å². The van der Waals surface area contributed by atoms with Gasteiger partial charge in [0.25, 0.3) is 0 Å². The third kappa shape index (κ3) is 2.83. The zero-order valence-electron chi connectivity index (χ0n) is 12.8. The maximum Gasteiger partial charge on any atom is 0.363 e. The van der Waals surface area contributed by atoms with Gasteiger partial charge in [-0.2, -0.15) is 5.10 Å². The van der Waals surface area contributed by atoms with Crippen molar-refractivity contribution in [3.8, 4) is 5.69 Å². The van der Waals surface area contributed by atoms with Crippen LogP contribution < -0.4 is 0 Å². The van der Waals surface area contributed by atoms with Crippen molar-refractivity contribution in [1.29, 1.82) is 0 Å². The Labute approximate surface area is 128 Å². The fourth-order valence-corrected chi connectivity index (χ4v) is 2.02. The molecule has 0 fully saturated rings. The van der Waals surface area contributed by atoms with Crippen molar-refractivity contribution in [2.24, 2.45) is 10.4 Å². The minimum Gasteiger partial charge on any atom is -0.406 e. The Bertz CT molecular complexity index is 765. The van der Waals surface area contributed by atoms with Crippen molar-refractivity contribution in [3.63, 3.8) is 0 Å². The number of aromatic nitrogens is 2. The van der Waals surface area contributed by atoms with Gasteiger partial charge in [0.15, 0.2) is 5.70 Å². The van der Waals surface area contributed by atoms with E-state index < -0.39 is 5.97 Å². The van der Waals surface area contributed by atoms with E-state index in [4.69, 9.17) is 4.74 Å². The highest BCUT2D eigenvalue weighted by molar-refractivity contribution is 6.08. The molecule has 1 aliphatic heterocycles. The molecule has 0 saturated heterocycles. The number of benzene rings is 1. The predicted molar refractivity (Wildman–Crippen MR) is 84.5 cm³/mol. The molecule has 2 heterocycles. The number of carbonyl (C=O) groups excluding carboxylic acids is 1. The second-order valence-electron chi connectivity index (χ2n) is 6.14. The number of ether oxygens (including phenoxy) is 1. The Kier molecular flexibility index (Phi) is 3.41. The van der Waals surface area contributed by atoms with Crippen molar-refractivity contribution in [2.75, 3.05) is 0 Å². The molecule has 22 heavy (non-hydrogen) atoms. The monoisotopic (exact) mass is 295 g/mol. The lowest BCUT2D eigenvalue weighted by atomic mass is 9.97. The van der Waals surface area contributed by atoms with Crippen LogP contribution in [0.4, 0.5) is 0 Å². The number of rotatable bonds is 2. The molecule has 0 saturated carbocycles. The van der Waals surface area contributed by atoms with E-state index in [1.807, 2.05) is 57.3 Å². The van der Waals surface area contributed by atoms with E-state index in [0.29, 0.717) is 11.6 Å². The Balaban J connectivity index is 1.89. The largest absolute Gasteiger partial charge is 0.406 e. The maximum absolute atomic E-state index is 11.9. The average molecular weight is 295 g/mol. The number of nitrogens with zero attached hydrogens (tertiary/aromatic N) is 3. The molecule has 0 amide bonds. The molecule has 0 spiro atoms. The van der Waals surface area contributed by atoms with Gasteiger partial charge >= 0.3 is 5.97 Å². The second kappa shape index (κ2) is 5.26. The van der Waals surface area contributed by atoms with Gasteiger partial charge in [0.1, 0.15) is 0 Å². The van der Waals surface area contributed by atoms with Crippen LogP contribution >= 0.6 is 0 Å². The molecule has 3 rings (SSSR count). The van der Waals surface area contributed by atoms with Crippen molar-refractivity contribution in [2.45, 2.75) is 20.8 Å². The first-order valence-electron chi connectivity index (χ1n) is 7.06. The van der Waals surface area contributed by atoms with Gasteiger partial charge < -0.3 is 4.74 Å². The number of esters is 1. The first-order valence-corrected chi connectivity index (χ1v) is 7.06. The van der Waals surface area contributed by atoms with Gasteiger partial charge in [-0.05, 0) is 18.2 Å². The lowest BCUT2D eigenvalue weighted by Crippen LogP contribution is -2.21. The second-order valence-corrected chi connectivity index (χ2v) is 6.14. The van der Waals surface area contributed by atoms with Crippen LogP contribution in [0.2, 0.25) is 0 Å². The van der Waals surface area contributed by atoms with E-state index in [1.165, 1.54) is 0 Å². The number of cyclic esters (lactones) is 1. The Morgan fingerprint density at radius 3 is 2.55 bits per heavy atom. The third-order valence-corrected chi connectivity index (χ3v) is 3.19. The Morgan fingerprint density at radius 1 is 1.18 bits per heavy atom. The smallest absolute Gasteiger partial charge is 0.363 e. The highest BCUT2D eigenvalue weighted by Crippen LogP contribution is 2.25. The summed E-state index contributed by atoms with van der Waals surface area (Å²) in [5, 5.41) is 4.29. The van der Waals surface area contributed by atoms with Crippen LogP contribution in [-0.2, 0) is 9.53 Å². The summed E-state index contributed by atoms with van der Waals surface area (Å²) < 4.78 is 6.97. The summed E-state index contributed by atoms with van der Waals surface area (Å²) in [4.78, 5) is 16.2. The third-order valence-electron chi connectivity index (χ3n) is 3.19. The van der Waals surface area contributed by atoms with Gasteiger partial charge in [-0.3, -0.25) is 0 Å². The van der Waals surface area contributed by atoms with E-state index in [1.54, 1.807) is 17.0 Å². The van der Waals surface area contributed by atoms with Gasteiger partial charge in [0.2, 0.25) is 5.90 Å². The van der Waals surface area contributed by atoms with E-state index in [9.17, 15) is 4.79 Å². The number of hydrogen-bond donors (Lipinski definition) is 0. The molecule has 0 radical (unpaired) electrons. The number of hydrogen-bond acceptors (Lipinski definition) is 4. The van der Waals surface area contributed by atoms with Crippen molar-refractivity contribution >= 4 is 17.9 Å². The quantitative estimate of drug-likeness (QED) is 0.631. The first-order chi connectivity index (χ1) is 10.4. The zero-order valence-corrected chi connectivity index (χ0v) is 12.8. The molecule has 5 nitrogen and oxygen atoms in total. The zero-order chi connectivity index (χ0) is 15.7. The van der Waals surface area contributed by atoms with Crippen molar-refractivity contribution in [3.05, 3.63) is 54.0 Å². The summed E-state index contributed by atoms with van der Waals surface area (Å²) in [7, 11) is 0. The molecule has 0 bridgehead atoms. The number of aliphatic imine (C=N–C) groups is 1. The summed E-state index contributed by atoms with van der Waals surface area (Å²) >= 11 is 0. The maximum atomic E-state index is 11.9. The van der Waals surface area contributed by atoms with Gasteiger partial charge in [-0.15, -0.1) is 0 Å². The van der Waals surface area contributed by atoms with E-state index in [0.717, 1.165) is 11.3 Å². The van der Waals surface area contributed by atoms with Gasteiger partial charge in [0, 0.05) is 17.2 Å². The van der Waals surface area contributed by atoms with E-state index in [2.05, 4.69) is 10.1 Å². The molecule has 0 unspecified atom stereocenters. The molecule has 2 aromatic rings. The Morgan fingerprint density at radius 2 is 1.91 bits per heavy atom. The molecule has 0 N–H and O–H groups in total. The van der Waals surface area contributed by atoms with Crippen LogP contribution in [0.1, 0.15) is 26.3 Å².